The second-order valence-electron chi connectivity index (χ2n) is 5.60. The third kappa shape index (κ3) is 6.59. The Morgan fingerprint density at radius 3 is 2.40 bits per heavy atom. The van der Waals surface area contributed by atoms with Crippen molar-refractivity contribution < 1.29 is 8.42 Å². The minimum atomic E-state index is -2.93. The molecule has 0 aromatic heterocycles. The molecular formula is C14H29N3O2S. The third-order valence-electron chi connectivity index (χ3n) is 3.81. The summed E-state index contributed by atoms with van der Waals surface area (Å²) in [5.41, 5.74) is 0. The summed E-state index contributed by atoms with van der Waals surface area (Å²) in [5.74, 6) is 1.88. The number of nitrogens with zero attached hydrogens (tertiary/aromatic N) is 1. The van der Waals surface area contributed by atoms with Crippen molar-refractivity contribution in [1.29, 1.82) is 0 Å². The van der Waals surface area contributed by atoms with Gasteiger partial charge in [0.1, 0.15) is 0 Å². The van der Waals surface area contributed by atoms with Crippen molar-refractivity contribution in [3.8, 4) is 0 Å². The normalized spacial score (nSPS) is 24.4. The van der Waals surface area contributed by atoms with E-state index in [1.165, 1.54) is 25.7 Å². The first-order chi connectivity index (χ1) is 9.46. The molecular weight excluding hydrogens is 274 g/mol. The average molecular weight is 303 g/mol. The summed E-state index contributed by atoms with van der Waals surface area (Å²) in [6, 6.07) is 0.465. The SMILES string of the molecule is CCNC(=NCCS(=O)(=O)CC)NC1CCC(C)CC1. The van der Waals surface area contributed by atoms with Gasteiger partial charge >= 0.3 is 0 Å². The maximum Gasteiger partial charge on any atom is 0.191 e. The molecule has 0 aromatic carbocycles. The summed E-state index contributed by atoms with van der Waals surface area (Å²) in [7, 11) is -2.93. The van der Waals surface area contributed by atoms with Gasteiger partial charge in [-0.15, -0.1) is 0 Å². The predicted octanol–water partition coefficient (Wildman–Crippen LogP) is 1.55. The van der Waals surface area contributed by atoms with Gasteiger partial charge in [0.05, 0.1) is 12.3 Å². The Hall–Kier alpha value is -0.780. The van der Waals surface area contributed by atoms with Crippen LogP contribution in [0.1, 0.15) is 46.5 Å². The summed E-state index contributed by atoms with van der Waals surface area (Å²) >= 11 is 0. The summed E-state index contributed by atoms with van der Waals surface area (Å²) in [6.07, 6.45) is 4.83. The van der Waals surface area contributed by atoms with Crippen molar-refractivity contribution in [1.82, 2.24) is 10.6 Å². The molecule has 0 heterocycles. The highest BCUT2D eigenvalue weighted by atomic mass is 32.2. The van der Waals surface area contributed by atoms with Crippen LogP contribution in [-0.2, 0) is 9.84 Å². The lowest BCUT2D eigenvalue weighted by molar-refractivity contribution is 0.329. The number of hydrogen-bond donors (Lipinski definition) is 2. The van der Waals surface area contributed by atoms with E-state index in [9.17, 15) is 8.42 Å². The zero-order valence-corrected chi connectivity index (χ0v) is 13.8. The fourth-order valence-corrected chi connectivity index (χ4v) is 3.02. The van der Waals surface area contributed by atoms with E-state index in [0.29, 0.717) is 12.6 Å². The number of hydrogen-bond acceptors (Lipinski definition) is 3. The van der Waals surface area contributed by atoms with Gasteiger partial charge in [-0.1, -0.05) is 13.8 Å². The number of aliphatic imine (C=N–C) groups is 1. The molecule has 118 valence electrons. The molecule has 0 spiro atoms. The van der Waals surface area contributed by atoms with E-state index in [2.05, 4.69) is 22.5 Å². The van der Waals surface area contributed by atoms with Crippen molar-refractivity contribution in [2.24, 2.45) is 10.9 Å². The van der Waals surface area contributed by atoms with Crippen LogP contribution in [0.2, 0.25) is 0 Å². The minimum Gasteiger partial charge on any atom is -0.357 e. The topological polar surface area (TPSA) is 70.6 Å². The van der Waals surface area contributed by atoms with Crippen molar-refractivity contribution in [3.63, 3.8) is 0 Å². The van der Waals surface area contributed by atoms with Crippen LogP contribution in [0.4, 0.5) is 0 Å². The first-order valence-electron chi connectivity index (χ1n) is 7.72. The van der Waals surface area contributed by atoms with Crippen LogP contribution in [0.3, 0.4) is 0 Å². The molecule has 0 aliphatic heterocycles. The Bertz CT molecular complexity index is 399. The van der Waals surface area contributed by atoms with Gasteiger partial charge in [-0.05, 0) is 38.5 Å². The molecule has 2 N–H and O–H groups in total. The lowest BCUT2D eigenvalue weighted by atomic mass is 9.87. The van der Waals surface area contributed by atoms with Gasteiger partial charge in [-0.3, -0.25) is 4.99 Å². The molecule has 0 radical (unpaired) electrons. The zero-order valence-electron chi connectivity index (χ0n) is 13.0. The van der Waals surface area contributed by atoms with Crippen molar-refractivity contribution >= 4 is 15.8 Å². The summed E-state index contributed by atoms with van der Waals surface area (Å²) in [4.78, 5) is 4.37. The van der Waals surface area contributed by atoms with E-state index < -0.39 is 9.84 Å². The van der Waals surface area contributed by atoms with Gasteiger partial charge in [0, 0.05) is 18.3 Å². The smallest absolute Gasteiger partial charge is 0.191 e. The largest absolute Gasteiger partial charge is 0.357 e. The maximum atomic E-state index is 11.5. The fraction of sp³-hybridized carbons (Fsp3) is 0.929. The summed E-state index contributed by atoms with van der Waals surface area (Å²) in [6.45, 7) is 7.10. The molecule has 1 saturated carbocycles. The first kappa shape index (κ1) is 17.3. The standard InChI is InChI=1S/C14H29N3O2S/c1-4-15-14(16-10-11-20(18,19)5-2)17-13-8-6-12(3)7-9-13/h12-13H,4-11H2,1-3H3,(H2,15,16,17). The van der Waals surface area contributed by atoms with Crippen LogP contribution in [0.15, 0.2) is 4.99 Å². The Morgan fingerprint density at radius 2 is 1.85 bits per heavy atom. The molecule has 0 bridgehead atoms. The number of sulfone groups is 1. The molecule has 20 heavy (non-hydrogen) atoms. The van der Waals surface area contributed by atoms with E-state index >= 15 is 0 Å². The van der Waals surface area contributed by atoms with Crippen LogP contribution in [-0.4, -0.2) is 45.0 Å². The Morgan fingerprint density at radius 1 is 1.20 bits per heavy atom. The maximum absolute atomic E-state index is 11.5. The highest BCUT2D eigenvalue weighted by Gasteiger charge is 2.18. The Balaban J connectivity index is 2.46. The minimum absolute atomic E-state index is 0.127. The highest BCUT2D eigenvalue weighted by molar-refractivity contribution is 7.91. The zero-order chi connectivity index (χ0) is 15.0. The molecule has 0 amide bonds. The molecule has 1 rings (SSSR count). The van der Waals surface area contributed by atoms with Gasteiger partial charge < -0.3 is 10.6 Å². The molecule has 5 nitrogen and oxygen atoms in total. The van der Waals surface area contributed by atoms with Gasteiger partial charge in [-0.25, -0.2) is 8.42 Å². The van der Waals surface area contributed by atoms with Gasteiger partial charge in [0.25, 0.3) is 0 Å². The van der Waals surface area contributed by atoms with Crippen LogP contribution in [0.25, 0.3) is 0 Å². The predicted molar refractivity (Wildman–Crippen MR) is 84.9 cm³/mol. The Labute approximate surface area is 123 Å². The van der Waals surface area contributed by atoms with Crippen molar-refractivity contribution in [2.45, 2.75) is 52.5 Å². The van der Waals surface area contributed by atoms with E-state index in [0.717, 1.165) is 18.4 Å². The van der Waals surface area contributed by atoms with Gasteiger partial charge in [-0.2, -0.15) is 0 Å². The molecule has 1 aliphatic rings. The van der Waals surface area contributed by atoms with E-state index in [4.69, 9.17) is 0 Å². The molecule has 0 saturated heterocycles. The third-order valence-corrected chi connectivity index (χ3v) is 5.50. The molecule has 0 atom stereocenters. The average Bonchev–Trinajstić information content (AvgIpc) is 2.41. The van der Waals surface area contributed by atoms with Gasteiger partial charge in [0.15, 0.2) is 15.8 Å². The first-order valence-corrected chi connectivity index (χ1v) is 9.54. The monoisotopic (exact) mass is 303 g/mol. The quantitative estimate of drug-likeness (QED) is 0.577. The number of nitrogens with one attached hydrogen (secondary N) is 2. The van der Waals surface area contributed by atoms with Crippen molar-refractivity contribution in [2.75, 3.05) is 24.6 Å². The molecule has 6 heteroatoms. The second kappa shape index (κ2) is 8.49. The van der Waals surface area contributed by atoms with Crippen LogP contribution in [0, 0.1) is 5.92 Å². The van der Waals surface area contributed by atoms with Crippen molar-refractivity contribution in [3.05, 3.63) is 0 Å². The highest BCUT2D eigenvalue weighted by Crippen LogP contribution is 2.23. The van der Waals surface area contributed by atoms with Crippen LogP contribution in [0.5, 0.6) is 0 Å². The second-order valence-corrected chi connectivity index (χ2v) is 8.07. The van der Waals surface area contributed by atoms with E-state index in [1.54, 1.807) is 6.92 Å². The molecule has 1 fully saturated rings. The lowest BCUT2D eigenvalue weighted by Gasteiger charge is -2.28. The molecule has 1 aliphatic carbocycles. The van der Waals surface area contributed by atoms with Crippen LogP contribution >= 0.6 is 0 Å². The Kier molecular flexibility index (Phi) is 7.34. The number of guanidine groups is 1. The van der Waals surface area contributed by atoms with Crippen LogP contribution < -0.4 is 10.6 Å². The van der Waals surface area contributed by atoms with E-state index in [1.807, 2.05) is 6.92 Å². The summed E-state index contributed by atoms with van der Waals surface area (Å²) in [5, 5.41) is 6.62. The number of rotatable bonds is 6. The molecule has 0 aromatic rings. The lowest BCUT2D eigenvalue weighted by Crippen LogP contribution is -2.45. The van der Waals surface area contributed by atoms with Gasteiger partial charge in [0.2, 0.25) is 0 Å². The fourth-order valence-electron chi connectivity index (χ4n) is 2.36. The summed E-state index contributed by atoms with van der Waals surface area (Å²) < 4.78 is 22.9. The van der Waals surface area contributed by atoms with E-state index in [-0.39, 0.29) is 11.5 Å². The molecule has 0 unspecified atom stereocenters.